The van der Waals surface area contributed by atoms with Crippen molar-refractivity contribution in [1.29, 1.82) is 0 Å². The minimum absolute atomic E-state index is 0.358. The van der Waals surface area contributed by atoms with Crippen LogP contribution in [0.4, 0.5) is 4.79 Å². The lowest BCUT2D eigenvalue weighted by molar-refractivity contribution is 0.152. The molecule has 0 unspecified atom stereocenters. The highest BCUT2D eigenvalue weighted by Crippen LogP contribution is 2.04. The molecule has 0 fully saturated rings. The Labute approximate surface area is 95.3 Å². The predicted molar refractivity (Wildman–Crippen MR) is 60.1 cm³/mol. The zero-order chi connectivity index (χ0) is 11.8. The van der Waals surface area contributed by atoms with Gasteiger partial charge in [0.1, 0.15) is 6.33 Å². The molecule has 0 aliphatic heterocycles. The largest absolute Gasteiger partial charge is 0.450 e. The molecule has 1 N–H and O–H groups in total. The van der Waals surface area contributed by atoms with Crippen molar-refractivity contribution in [3.05, 3.63) is 23.8 Å². The first-order valence-corrected chi connectivity index (χ1v) is 5.40. The molecule has 1 aromatic heterocycles. The number of carbonyl (C=O) groups excluding carboxylic acids is 1. The fourth-order valence-electron chi connectivity index (χ4n) is 1.32. The number of alkyl carbamates (subject to hydrolysis) is 1. The molecule has 16 heavy (non-hydrogen) atoms. The molecule has 0 aromatic carbocycles. The predicted octanol–water partition coefficient (Wildman–Crippen LogP) is 1.46. The number of nitrogens with one attached hydrogen (secondary N) is 1. The summed E-state index contributed by atoms with van der Waals surface area (Å²) >= 11 is 0. The van der Waals surface area contributed by atoms with Gasteiger partial charge in [-0.3, -0.25) is 0 Å². The van der Waals surface area contributed by atoms with Crippen LogP contribution in [0.25, 0.3) is 0 Å². The van der Waals surface area contributed by atoms with E-state index in [0.29, 0.717) is 13.2 Å². The standard InChI is InChI=1S/C11H17N3O2/c1-3-16-11(15)13-6-4-5-10-7-12-8-14-9(10)2/h7-8H,3-6H2,1-2H3,(H,13,15). The van der Waals surface area contributed by atoms with Gasteiger partial charge in [-0.2, -0.15) is 0 Å². The van der Waals surface area contributed by atoms with Gasteiger partial charge in [0.05, 0.1) is 6.61 Å². The van der Waals surface area contributed by atoms with E-state index < -0.39 is 0 Å². The Morgan fingerprint density at radius 1 is 1.56 bits per heavy atom. The molecule has 0 aliphatic carbocycles. The molecule has 0 spiro atoms. The number of aromatic nitrogens is 2. The van der Waals surface area contributed by atoms with E-state index in [9.17, 15) is 4.79 Å². The van der Waals surface area contributed by atoms with Crippen LogP contribution in [-0.4, -0.2) is 29.2 Å². The Bertz CT molecular complexity index is 342. The highest BCUT2D eigenvalue weighted by Gasteiger charge is 2.01. The monoisotopic (exact) mass is 223 g/mol. The van der Waals surface area contributed by atoms with Crippen molar-refractivity contribution in [1.82, 2.24) is 15.3 Å². The fraction of sp³-hybridized carbons (Fsp3) is 0.545. The van der Waals surface area contributed by atoms with E-state index in [4.69, 9.17) is 4.74 Å². The molecule has 5 nitrogen and oxygen atoms in total. The normalized spacial score (nSPS) is 9.88. The Hall–Kier alpha value is -1.65. The van der Waals surface area contributed by atoms with Crippen molar-refractivity contribution >= 4 is 6.09 Å². The van der Waals surface area contributed by atoms with Crippen molar-refractivity contribution < 1.29 is 9.53 Å². The molecule has 1 aromatic rings. The second kappa shape index (κ2) is 6.76. The van der Waals surface area contributed by atoms with E-state index in [-0.39, 0.29) is 6.09 Å². The van der Waals surface area contributed by atoms with Crippen LogP contribution in [0.1, 0.15) is 24.6 Å². The first-order chi connectivity index (χ1) is 7.74. The quantitative estimate of drug-likeness (QED) is 0.768. The van der Waals surface area contributed by atoms with E-state index in [1.54, 1.807) is 6.92 Å². The summed E-state index contributed by atoms with van der Waals surface area (Å²) in [4.78, 5) is 19.0. The van der Waals surface area contributed by atoms with Crippen LogP contribution in [0.5, 0.6) is 0 Å². The molecular weight excluding hydrogens is 206 g/mol. The third-order valence-corrected chi connectivity index (χ3v) is 2.18. The van der Waals surface area contributed by atoms with Gasteiger partial charge in [-0.15, -0.1) is 0 Å². The Balaban J connectivity index is 2.21. The smallest absolute Gasteiger partial charge is 0.407 e. The zero-order valence-electron chi connectivity index (χ0n) is 9.69. The molecule has 0 radical (unpaired) electrons. The van der Waals surface area contributed by atoms with Gasteiger partial charge in [0.25, 0.3) is 0 Å². The molecule has 0 saturated carbocycles. The average Bonchev–Trinajstić information content (AvgIpc) is 2.27. The van der Waals surface area contributed by atoms with E-state index in [1.807, 2.05) is 13.1 Å². The summed E-state index contributed by atoms with van der Waals surface area (Å²) < 4.78 is 4.74. The van der Waals surface area contributed by atoms with Crippen LogP contribution in [0, 0.1) is 6.92 Å². The van der Waals surface area contributed by atoms with Crippen LogP contribution in [-0.2, 0) is 11.2 Å². The van der Waals surface area contributed by atoms with Crippen molar-refractivity contribution in [2.75, 3.05) is 13.2 Å². The number of nitrogens with zero attached hydrogens (tertiary/aromatic N) is 2. The van der Waals surface area contributed by atoms with Gasteiger partial charge in [-0.1, -0.05) is 0 Å². The zero-order valence-corrected chi connectivity index (χ0v) is 9.69. The molecule has 88 valence electrons. The summed E-state index contributed by atoms with van der Waals surface area (Å²) in [6, 6.07) is 0. The van der Waals surface area contributed by atoms with E-state index in [1.165, 1.54) is 6.33 Å². The maximum atomic E-state index is 11.0. The van der Waals surface area contributed by atoms with Crippen molar-refractivity contribution in [2.45, 2.75) is 26.7 Å². The summed E-state index contributed by atoms with van der Waals surface area (Å²) in [5, 5.41) is 2.67. The van der Waals surface area contributed by atoms with Crippen LogP contribution in [0.2, 0.25) is 0 Å². The van der Waals surface area contributed by atoms with Gasteiger partial charge in [0.2, 0.25) is 0 Å². The molecule has 0 atom stereocenters. The molecular formula is C11H17N3O2. The summed E-state index contributed by atoms with van der Waals surface area (Å²) in [5.41, 5.74) is 2.11. The lowest BCUT2D eigenvalue weighted by atomic mass is 10.1. The van der Waals surface area contributed by atoms with Gasteiger partial charge < -0.3 is 10.1 Å². The topological polar surface area (TPSA) is 64.1 Å². The summed E-state index contributed by atoms with van der Waals surface area (Å²) in [7, 11) is 0. The highest BCUT2D eigenvalue weighted by molar-refractivity contribution is 5.66. The number of amides is 1. The van der Waals surface area contributed by atoms with Crippen LogP contribution < -0.4 is 5.32 Å². The maximum absolute atomic E-state index is 11.0. The van der Waals surface area contributed by atoms with Crippen molar-refractivity contribution in [3.63, 3.8) is 0 Å². The Kier molecular flexibility index (Phi) is 5.25. The van der Waals surface area contributed by atoms with Gasteiger partial charge >= 0.3 is 6.09 Å². The third-order valence-electron chi connectivity index (χ3n) is 2.18. The number of aryl methyl sites for hydroxylation is 2. The van der Waals surface area contributed by atoms with Gasteiger partial charge in [-0.05, 0) is 32.3 Å². The Morgan fingerprint density at radius 2 is 2.38 bits per heavy atom. The van der Waals surface area contributed by atoms with E-state index in [0.717, 1.165) is 24.1 Å². The highest BCUT2D eigenvalue weighted by atomic mass is 16.5. The second-order valence-corrected chi connectivity index (χ2v) is 3.38. The van der Waals surface area contributed by atoms with Gasteiger partial charge in [-0.25, -0.2) is 14.8 Å². The van der Waals surface area contributed by atoms with Gasteiger partial charge in [0, 0.05) is 18.4 Å². The molecule has 5 heteroatoms. The Morgan fingerprint density at radius 3 is 3.06 bits per heavy atom. The molecule has 1 rings (SSSR count). The number of rotatable bonds is 5. The molecule has 0 bridgehead atoms. The fourth-order valence-corrected chi connectivity index (χ4v) is 1.32. The summed E-state index contributed by atoms with van der Waals surface area (Å²) in [5.74, 6) is 0. The second-order valence-electron chi connectivity index (χ2n) is 3.38. The number of carbonyl (C=O) groups is 1. The SMILES string of the molecule is CCOC(=O)NCCCc1cncnc1C. The summed E-state index contributed by atoms with van der Waals surface area (Å²) in [6.45, 7) is 4.74. The summed E-state index contributed by atoms with van der Waals surface area (Å²) in [6.07, 6.45) is 4.71. The van der Waals surface area contributed by atoms with Crippen LogP contribution >= 0.6 is 0 Å². The molecule has 0 aliphatic rings. The van der Waals surface area contributed by atoms with Crippen molar-refractivity contribution in [2.24, 2.45) is 0 Å². The molecule has 1 heterocycles. The van der Waals surface area contributed by atoms with Gasteiger partial charge in [0.15, 0.2) is 0 Å². The molecule has 1 amide bonds. The maximum Gasteiger partial charge on any atom is 0.407 e. The number of hydrogen-bond acceptors (Lipinski definition) is 4. The van der Waals surface area contributed by atoms with Crippen LogP contribution in [0.15, 0.2) is 12.5 Å². The van der Waals surface area contributed by atoms with Crippen LogP contribution in [0.3, 0.4) is 0 Å². The lowest BCUT2D eigenvalue weighted by Gasteiger charge is -2.05. The van der Waals surface area contributed by atoms with Crippen molar-refractivity contribution in [3.8, 4) is 0 Å². The first-order valence-electron chi connectivity index (χ1n) is 5.40. The minimum Gasteiger partial charge on any atom is -0.450 e. The number of hydrogen-bond donors (Lipinski definition) is 1. The van der Waals surface area contributed by atoms with E-state index in [2.05, 4.69) is 15.3 Å². The van der Waals surface area contributed by atoms with E-state index >= 15 is 0 Å². The third kappa shape index (κ3) is 4.25. The molecule has 0 saturated heterocycles. The first kappa shape index (κ1) is 12.4. The minimum atomic E-state index is -0.358. The number of ether oxygens (including phenoxy) is 1. The lowest BCUT2D eigenvalue weighted by Crippen LogP contribution is -2.25. The average molecular weight is 223 g/mol.